The highest BCUT2D eigenvalue weighted by molar-refractivity contribution is 6.21. The van der Waals surface area contributed by atoms with Crippen molar-refractivity contribution in [2.24, 2.45) is 0 Å². The number of tetrazole rings is 1. The number of carbonyl (C=O) groups is 3. The molecule has 2 aliphatic heterocycles. The van der Waals surface area contributed by atoms with Gasteiger partial charge in [0.1, 0.15) is 5.75 Å². The molecule has 0 aliphatic carbocycles. The standard InChI is InChI=1S/C25H27N7O4/c1-36-19-10-8-18(9-11-19)32-22(26-27-28-32)17-29-13-15-30(16-14-29)23(33)7-4-12-31-24(34)20-5-2-3-6-21(20)25(31)35/h2-3,5-6,8-11H,4,7,12-17H2,1H3. The van der Waals surface area contributed by atoms with Crippen molar-refractivity contribution in [3.8, 4) is 11.4 Å². The Labute approximate surface area is 208 Å². The van der Waals surface area contributed by atoms with Gasteiger partial charge in [-0.1, -0.05) is 12.1 Å². The van der Waals surface area contributed by atoms with Gasteiger partial charge in [-0.2, -0.15) is 4.68 Å². The van der Waals surface area contributed by atoms with Crippen molar-refractivity contribution in [1.82, 2.24) is 34.9 Å². The number of rotatable bonds is 8. The lowest BCUT2D eigenvalue weighted by atomic mass is 10.1. The van der Waals surface area contributed by atoms with Gasteiger partial charge in [-0.3, -0.25) is 24.2 Å². The maximum absolute atomic E-state index is 12.7. The van der Waals surface area contributed by atoms with Crippen LogP contribution in [0.4, 0.5) is 0 Å². The first-order valence-corrected chi connectivity index (χ1v) is 11.9. The minimum Gasteiger partial charge on any atom is -0.497 e. The first-order valence-electron chi connectivity index (χ1n) is 11.9. The van der Waals surface area contributed by atoms with Gasteiger partial charge in [-0.15, -0.1) is 5.10 Å². The molecule has 1 aromatic heterocycles. The van der Waals surface area contributed by atoms with Crippen molar-refractivity contribution >= 4 is 17.7 Å². The molecule has 0 radical (unpaired) electrons. The number of ether oxygens (including phenoxy) is 1. The summed E-state index contributed by atoms with van der Waals surface area (Å²) >= 11 is 0. The van der Waals surface area contributed by atoms with Gasteiger partial charge in [0.05, 0.1) is 30.5 Å². The number of hydrogen-bond donors (Lipinski definition) is 0. The van der Waals surface area contributed by atoms with Gasteiger partial charge >= 0.3 is 0 Å². The quantitative estimate of drug-likeness (QED) is 0.436. The van der Waals surface area contributed by atoms with Crippen LogP contribution in [0.5, 0.6) is 5.75 Å². The second kappa shape index (κ2) is 10.2. The second-order valence-electron chi connectivity index (χ2n) is 8.77. The van der Waals surface area contributed by atoms with Crippen molar-refractivity contribution in [3.63, 3.8) is 0 Å². The van der Waals surface area contributed by atoms with Gasteiger partial charge in [0, 0.05) is 39.1 Å². The van der Waals surface area contributed by atoms with E-state index in [0.717, 1.165) is 17.3 Å². The van der Waals surface area contributed by atoms with Crippen LogP contribution in [0.15, 0.2) is 48.5 Å². The molecule has 0 bridgehead atoms. The fourth-order valence-electron chi connectivity index (χ4n) is 4.57. The van der Waals surface area contributed by atoms with E-state index in [-0.39, 0.29) is 24.3 Å². The van der Waals surface area contributed by atoms with E-state index >= 15 is 0 Å². The molecule has 2 aliphatic rings. The molecule has 0 saturated carbocycles. The molecule has 11 nitrogen and oxygen atoms in total. The Morgan fingerprint density at radius 3 is 2.25 bits per heavy atom. The SMILES string of the molecule is COc1ccc(-n2nnnc2CN2CCN(C(=O)CCCN3C(=O)c4ccccc4C3=O)CC2)cc1. The van der Waals surface area contributed by atoms with Gasteiger partial charge < -0.3 is 9.64 Å². The Balaban J connectivity index is 1.09. The molecule has 3 aromatic rings. The molecule has 0 unspecified atom stereocenters. The lowest BCUT2D eigenvalue weighted by molar-refractivity contribution is -0.133. The third kappa shape index (κ3) is 4.69. The van der Waals surface area contributed by atoms with Crippen LogP contribution in [-0.4, -0.2) is 92.5 Å². The van der Waals surface area contributed by atoms with Gasteiger partial charge in [0.15, 0.2) is 5.82 Å². The number of methoxy groups -OCH3 is 1. The third-order valence-electron chi connectivity index (χ3n) is 6.59. The second-order valence-corrected chi connectivity index (χ2v) is 8.77. The Bertz CT molecular complexity index is 1230. The third-order valence-corrected chi connectivity index (χ3v) is 6.59. The van der Waals surface area contributed by atoms with Crippen LogP contribution in [-0.2, 0) is 11.3 Å². The number of hydrogen-bond acceptors (Lipinski definition) is 8. The highest BCUT2D eigenvalue weighted by Gasteiger charge is 2.34. The molecule has 1 fully saturated rings. The molecule has 1 saturated heterocycles. The monoisotopic (exact) mass is 489 g/mol. The van der Waals surface area contributed by atoms with Gasteiger partial charge in [0.25, 0.3) is 11.8 Å². The minimum atomic E-state index is -0.284. The highest BCUT2D eigenvalue weighted by Crippen LogP contribution is 2.23. The minimum absolute atomic E-state index is 0.0364. The number of benzene rings is 2. The predicted octanol–water partition coefficient (Wildman–Crippen LogP) is 1.39. The van der Waals surface area contributed by atoms with E-state index in [1.165, 1.54) is 4.90 Å². The van der Waals surface area contributed by atoms with Gasteiger partial charge in [0.2, 0.25) is 5.91 Å². The maximum atomic E-state index is 12.7. The van der Waals surface area contributed by atoms with E-state index in [1.54, 1.807) is 36.1 Å². The Kier molecular flexibility index (Phi) is 6.72. The molecular weight excluding hydrogens is 462 g/mol. The summed E-state index contributed by atoms with van der Waals surface area (Å²) in [6.07, 6.45) is 0.740. The van der Waals surface area contributed by atoms with Crippen molar-refractivity contribution in [1.29, 1.82) is 0 Å². The summed E-state index contributed by atoms with van der Waals surface area (Å²) in [6.45, 7) is 3.44. The Hall–Kier alpha value is -4.12. The zero-order chi connectivity index (χ0) is 25.1. The number of fused-ring (bicyclic) bond motifs is 1. The van der Waals surface area contributed by atoms with Crippen LogP contribution >= 0.6 is 0 Å². The number of nitrogens with zero attached hydrogens (tertiary/aromatic N) is 7. The van der Waals surface area contributed by atoms with E-state index < -0.39 is 0 Å². The Morgan fingerprint density at radius 2 is 1.61 bits per heavy atom. The Morgan fingerprint density at radius 1 is 0.944 bits per heavy atom. The molecule has 11 heteroatoms. The predicted molar refractivity (Wildman–Crippen MR) is 129 cm³/mol. The summed E-state index contributed by atoms with van der Waals surface area (Å²) in [4.78, 5) is 43.0. The first-order chi connectivity index (χ1) is 17.5. The summed E-state index contributed by atoms with van der Waals surface area (Å²) < 4.78 is 6.91. The van der Waals surface area contributed by atoms with E-state index in [9.17, 15) is 14.4 Å². The van der Waals surface area contributed by atoms with E-state index in [0.29, 0.717) is 56.7 Å². The van der Waals surface area contributed by atoms with E-state index in [1.807, 2.05) is 29.2 Å². The summed E-state index contributed by atoms with van der Waals surface area (Å²) in [7, 11) is 1.62. The zero-order valence-corrected chi connectivity index (χ0v) is 20.0. The largest absolute Gasteiger partial charge is 0.497 e. The number of carbonyl (C=O) groups excluding carboxylic acids is 3. The summed E-state index contributed by atoms with van der Waals surface area (Å²) in [5, 5.41) is 12.1. The van der Waals surface area contributed by atoms with Crippen molar-refractivity contribution in [3.05, 3.63) is 65.5 Å². The van der Waals surface area contributed by atoms with Crippen molar-refractivity contribution in [2.75, 3.05) is 39.8 Å². The average molecular weight is 490 g/mol. The molecule has 0 N–H and O–H groups in total. The number of aromatic nitrogens is 4. The summed E-state index contributed by atoms with van der Waals surface area (Å²) in [5.74, 6) is 0.954. The van der Waals surface area contributed by atoms with Crippen LogP contribution in [0.3, 0.4) is 0 Å². The average Bonchev–Trinajstić information content (AvgIpc) is 3.47. The first kappa shape index (κ1) is 23.6. The van der Waals surface area contributed by atoms with Crippen molar-refractivity contribution < 1.29 is 19.1 Å². The lowest BCUT2D eigenvalue weighted by Gasteiger charge is -2.34. The molecule has 2 aromatic carbocycles. The van der Waals surface area contributed by atoms with E-state index in [2.05, 4.69) is 20.4 Å². The summed E-state index contributed by atoms with van der Waals surface area (Å²) in [6, 6.07) is 14.3. The van der Waals surface area contributed by atoms with Gasteiger partial charge in [-0.05, 0) is 53.2 Å². The normalized spacial score (nSPS) is 15.9. The molecule has 0 atom stereocenters. The van der Waals surface area contributed by atoms with Crippen LogP contribution in [0.1, 0.15) is 39.4 Å². The smallest absolute Gasteiger partial charge is 0.261 e. The van der Waals surface area contributed by atoms with Crippen LogP contribution in [0, 0.1) is 0 Å². The zero-order valence-electron chi connectivity index (χ0n) is 20.0. The van der Waals surface area contributed by atoms with Crippen LogP contribution in [0.25, 0.3) is 5.69 Å². The molecular formula is C25H27N7O4. The van der Waals surface area contributed by atoms with Crippen molar-refractivity contribution in [2.45, 2.75) is 19.4 Å². The number of amides is 3. The molecule has 186 valence electrons. The molecule has 0 spiro atoms. The topological polar surface area (TPSA) is 114 Å². The number of piperazine rings is 1. The van der Waals surface area contributed by atoms with E-state index in [4.69, 9.17) is 4.74 Å². The molecule has 36 heavy (non-hydrogen) atoms. The number of imide groups is 1. The summed E-state index contributed by atoms with van der Waals surface area (Å²) in [5.41, 5.74) is 1.72. The fraction of sp³-hybridized carbons (Fsp3) is 0.360. The fourth-order valence-corrected chi connectivity index (χ4v) is 4.57. The molecule has 5 rings (SSSR count). The molecule has 3 amide bonds. The van der Waals surface area contributed by atoms with Crippen LogP contribution in [0.2, 0.25) is 0 Å². The molecule has 3 heterocycles. The van der Waals surface area contributed by atoms with Gasteiger partial charge in [-0.25, -0.2) is 0 Å². The highest BCUT2D eigenvalue weighted by atomic mass is 16.5. The van der Waals surface area contributed by atoms with Crippen LogP contribution < -0.4 is 4.74 Å². The lowest BCUT2D eigenvalue weighted by Crippen LogP contribution is -2.48. The maximum Gasteiger partial charge on any atom is 0.261 e.